The van der Waals surface area contributed by atoms with Crippen molar-refractivity contribution in [2.24, 2.45) is 0 Å². The average Bonchev–Trinajstić information content (AvgIpc) is 3.14. The van der Waals surface area contributed by atoms with E-state index in [0.29, 0.717) is 13.1 Å². The van der Waals surface area contributed by atoms with Gasteiger partial charge in [0.25, 0.3) is 0 Å². The topological polar surface area (TPSA) is 40.0 Å². The normalized spacial score (nSPS) is 11.2. The Hall–Kier alpha value is -2.40. The summed E-state index contributed by atoms with van der Waals surface area (Å²) in [5.41, 5.74) is 3.23. The molecule has 4 aromatic rings. The molecule has 0 N–H and O–H groups in total. The predicted molar refractivity (Wildman–Crippen MR) is 107 cm³/mol. The summed E-state index contributed by atoms with van der Waals surface area (Å²) >= 11 is 2.28. The van der Waals surface area contributed by atoms with Crippen LogP contribution in [0.3, 0.4) is 0 Å². The highest BCUT2D eigenvalue weighted by atomic mass is 127. The molecule has 0 spiro atoms. The fraction of sp³-hybridized carbons (Fsp3) is 0.211. The molecule has 0 saturated carbocycles. The van der Waals surface area contributed by atoms with Crippen molar-refractivity contribution in [3.05, 3.63) is 69.5 Å². The van der Waals surface area contributed by atoms with Crippen LogP contribution in [-0.4, -0.2) is 25.9 Å². The van der Waals surface area contributed by atoms with Crippen molar-refractivity contribution in [1.29, 1.82) is 0 Å². The quantitative estimate of drug-likeness (QED) is 0.263. The molecular formula is C19H16IN5. The maximum absolute atomic E-state index is 7.01. The Morgan fingerprint density at radius 1 is 1.04 bits per heavy atom. The lowest BCUT2D eigenvalue weighted by Crippen LogP contribution is -2.10. The predicted octanol–water partition coefficient (Wildman–Crippen LogP) is 4.35. The van der Waals surface area contributed by atoms with E-state index in [9.17, 15) is 0 Å². The van der Waals surface area contributed by atoms with Crippen molar-refractivity contribution in [2.45, 2.75) is 19.5 Å². The minimum atomic E-state index is 0.536. The van der Waals surface area contributed by atoms with Gasteiger partial charge in [-0.25, -0.2) is 11.6 Å². The summed E-state index contributed by atoms with van der Waals surface area (Å²) in [4.78, 5) is 8.30. The number of rotatable bonds is 5. The first-order valence-corrected chi connectivity index (χ1v) is 9.24. The first-order chi connectivity index (χ1) is 12.3. The molecule has 2 aromatic carbocycles. The molecule has 2 heterocycles. The van der Waals surface area contributed by atoms with E-state index >= 15 is 0 Å². The number of fused-ring (bicyclic) bond motifs is 2. The van der Waals surface area contributed by atoms with Crippen LogP contribution in [0.2, 0.25) is 0 Å². The molecule has 4 rings (SSSR count). The van der Waals surface area contributed by atoms with E-state index in [1.807, 2.05) is 35.0 Å². The van der Waals surface area contributed by atoms with E-state index in [4.69, 9.17) is 16.7 Å². The SMILES string of the molecule is [C-]#[N+]CCCn1c(Cn2nc(I)c3ccccc32)nc2ccccc21. The van der Waals surface area contributed by atoms with Gasteiger partial charge in [-0.1, -0.05) is 30.3 Å². The molecule has 0 bridgehead atoms. The van der Waals surface area contributed by atoms with Gasteiger partial charge in [0.05, 0.1) is 23.1 Å². The lowest BCUT2D eigenvalue weighted by atomic mass is 10.2. The van der Waals surface area contributed by atoms with E-state index < -0.39 is 0 Å². The van der Waals surface area contributed by atoms with Crippen LogP contribution in [0.1, 0.15) is 12.2 Å². The van der Waals surface area contributed by atoms with Crippen LogP contribution >= 0.6 is 22.6 Å². The van der Waals surface area contributed by atoms with Crippen molar-refractivity contribution >= 4 is 44.5 Å². The first-order valence-electron chi connectivity index (χ1n) is 8.16. The molecular weight excluding hydrogens is 425 g/mol. The Labute approximate surface area is 159 Å². The summed E-state index contributed by atoms with van der Waals surface area (Å²) in [6.07, 6.45) is 0.828. The second kappa shape index (κ2) is 6.84. The van der Waals surface area contributed by atoms with Crippen molar-refractivity contribution in [3.63, 3.8) is 0 Å². The fourth-order valence-electron chi connectivity index (χ4n) is 3.14. The number of hydrogen-bond donors (Lipinski definition) is 0. The average molecular weight is 441 g/mol. The molecule has 0 aliphatic rings. The maximum Gasteiger partial charge on any atom is 0.216 e. The zero-order valence-electron chi connectivity index (χ0n) is 13.6. The van der Waals surface area contributed by atoms with Gasteiger partial charge >= 0.3 is 0 Å². The maximum atomic E-state index is 7.01. The van der Waals surface area contributed by atoms with Crippen molar-refractivity contribution in [3.8, 4) is 0 Å². The molecule has 5 nitrogen and oxygen atoms in total. The largest absolute Gasteiger partial charge is 0.326 e. The molecule has 0 aliphatic heterocycles. The standard InChI is InChI=1S/C19H16IN5/c1-21-11-6-12-24-17-10-5-3-8-15(17)22-18(24)13-25-16-9-4-2-7-14(16)19(20)23-25/h2-5,7-10H,6,11-13H2. The van der Waals surface area contributed by atoms with Gasteiger partial charge in [0.15, 0.2) is 0 Å². The number of benzene rings is 2. The summed E-state index contributed by atoms with van der Waals surface area (Å²) in [5, 5.41) is 5.86. The number of para-hydroxylation sites is 3. The molecule has 0 aliphatic carbocycles. The van der Waals surface area contributed by atoms with Gasteiger partial charge in [-0.2, -0.15) is 5.10 Å². The minimum Gasteiger partial charge on any atom is -0.326 e. The van der Waals surface area contributed by atoms with Crippen molar-refractivity contribution in [2.75, 3.05) is 6.54 Å². The van der Waals surface area contributed by atoms with Gasteiger partial charge in [-0.15, -0.1) is 0 Å². The molecule has 0 radical (unpaired) electrons. The van der Waals surface area contributed by atoms with Crippen molar-refractivity contribution in [1.82, 2.24) is 19.3 Å². The summed E-state index contributed by atoms with van der Waals surface area (Å²) in [6, 6.07) is 16.4. The smallest absolute Gasteiger partial charge is 0.216 e. The Morgan fingerprint density at radius 2 is 1.80 bits per heavy atom. The molecule has 2 aromatic heterocycles. The zero-order valence-corrected chi connectivity index (χ0v) is 15.7. The number of aromatic nitrogens is 4. The van der Waals surface area contributed by atoms with Gasteiger partial charge in [0, 0.05) is 18.4 Å². The lowest BCUT2D eigenvalue weighted by molar-refractivity contribution is 0.598. The van der Waals surface area contributed by atoms with Crippen LogP contribution in [0.5, 0.6) is 0 Å². The summed E-state index contributed by atoms with van der Waals surface area (Å²) in [6.45, 7) is 8.96. The number of halogens is 1. The van der Waals surface area contributed by atoms with Crippen molar-refractivity contribution < 1.29 is 0 Å². The zero-order chi connectivity index (χ0) is 17.2. The Bertz CT molecular complexity index is 1090. The van der Waals surface area contributed by atoms with Gasteiger partial charge in [0.1, 0.15) is 9.53 Å². The Kier molecular flexibility index (Phi) is 4.40. The highest BCUT2D eigenvalue weighted by Crippen LogP contribution is 2.22. The van der Waals surface area contributed by atoms with Crippen LogP contribution in [-0.2, 0) is 13.1 Å². The van der Waals surface area contributed by atoms with Crippen LogP contribution in [0.15, 0.2) is 48.5 Å². The van der Waals surface area contributed by atoms with Gasteiger partial charge in [-0.05, 0) is 40.8 Å². The van der Waals surface area contributed by atoms with Gasteiger partial charge in [0.2, 0.25) is 6.54 Å². The molecule has 0 saturated heterocycles. The minimum absolute atomic E-state index is 0.536. The van der Waals surface area contributed by atoms with Gasteiger partial charge in [-0.3, -0.25) is 4.68 Å². The first kappa shape index (κ1) is 16.1. The van der Waals surface area contributed by atoms with E-state index in [1.165, 1.54) is 5.39 Å². The van der Waals surface area contributed by atoms with E-state index in [-0.39, 0.29) is 0 Å². The molecule has 0 unspecified atom stereocenters. The summed E-state index contributed by atoms with van der Waals surface area (Å²) in [7, 11) is 0. The number of nitrogens with zero attached hydrogens (tertiary/aromatic N) is 5. The monoisotopic (exact) mass is 441 g/mol. The fourth-order valence-corrected chi connectivity index (χ4v) is 3.86. The van der Waals surface area contributed by atoms with E-state index in [1.54, 1.807) is 0 Å². The Balaban J connectivity index is 1.77. The third-order valence-corrected chi connectivity index (χ3v) is 5.09. The van der Waals surface area contributed by atoms with E-state index in [0.717, 1.165) is 39.0 Å². The molecule has 0 atom stereocenters. The van der Waals surface area contributed by atoms with Crippen LogP contribution in [0.25, 0.3) is 26.8 Å². The van der Waals surface area contributed by atoms with Crippen LogP contribution in [0.4, 0.5) is 0 Å². The molecule has 124 valence electrons. The number of aryl methyl sites for hydroxylation is 1. The molecule has 6 heteroatoms. The lowest BCUT2D eigenvalue weighted by Gasteiger charge is -2.08. The molecule has 0 fully saturated rings. The molecule has 0 amide bonds. The highest BCUT2D eigenvalue weighted by Gasteiger charge is 2.14. The van der Waals surface area contributed by atoms with Gasteiger partial charge < -0.3 is 9.41 Å². The third-order valence-electron chi connectivity index (χ3n) is 4.29. The molecule has 25 heavy (non-hydrogen) atoms. The highest BCUT2D eigenvalue weighted by molar-refractivity contribution is 14.1. The van der Waals surface area contributed by atoms with Crippen LogP contribution < -0.4 is 0 Å². The summed E-state index contributed by atoms with van der Waals surface area (Å²) in [5.74, 6) is 0.982. The second-order valence-corrected chi connectivity index (χ2v) is 6.89. The summed E-state index contributed by atoms with van der Waals surface area (Å²) < 4.78 is 5.25. The third kappa shape index (κ3) is 3.00. The number of imidazole rings is 1. The second-order valence-electron chi connectivity index (χ2n) is 5.87. The van der Waals surface area contributed by atoms with E-state index in [2.05, 4.69) is 50.2 Å². The number of hydrogen-bond acceptors (Lipinski definition) is 2. The van der Waals surface area contributed by atoms with Crippen LogP contribution in [0, 0.1) is 10.3 Å². The Morgan fingerprint density at radius 3 is 2.64 bits per heavy atom.